The van der Waals surface area contributed by atoms with Gasteiger partial charge in [0.25, 0.3) is 5.91 Å². The summed E-state index contributed by atoms with van der Waals surface area (Å²) in [6.45, 7) is 6.95. The van der Waals surface area contributed by atoms with Crippen molar-refractivity contribution in [3.05, 3.63) is 81.3 Å². The zero-order chi connectivity index (χ0) is 26.7. The second kappa shape index (κ2) is 11.3. The number of nitrogens with zero attached hydrogens (tertiary/aromatic N) is 2. The summed E-state index contributed by atoms with van der Waals surface area (Å²) in [5.74, 6) is 0.223. The van der Waals surface area contributed by atoms with Crippen molar-refractivity contribution >= 4 is 50.5 Å². The number of benzene rings is 3. The van der Waals surface area contributed by atoms with Gasteiger partial charge in [-0.2, -0.15) is 4.31 Å². The van der Waals surface area contributed by atoms with Crippen LogP contribution in [0.15, 0.2) is 59.5 Å². The van der Waals surface area contributed by atoms with Crippen molar-refractivity contribution < 1.29 is 17.9 Å². The van der Waals surface area contributed by atoms with Crippen LogP contribution in [0.4, 0.5) is 11.4 Å². The van der Waals surface area contributed by atoms with Gasteiger partial charge >= 0.3 is 0 Å². The molecule has 1 aliphatic rings. The van der Waals surface area contributed by atoms with E-state index in [1.165, 1.54) is 4.31 Å². The van der Waals surface area contributed by atoms with Gasteiger partial charge in [0, 0.05) is 31.2 Å². The van der Waals surface area contributed by atoms with Crippen LogP contribution in [-0.4, -0.2) is 51.4 Å². The van der Waals surface area contributed by atoms with Crippen molar-refractivity contribution in [3.63, 3.8) is 0 Å². The lowest BCUT2D eigenvalue weighted by atomic mass is 10.1. The zero-order valence-electron chi connectivity index (χ0n) is 20.9. The van der Waals surface area contributed by atoms with Gasteiger partial charge in [-0.25, -0.2) is 8.42 Å². The van der Waals surface area contributed by atoms with Gasteiger partial charge in [0.1, 0.15) is 5.75 Å². The number of para-hydroxylation sites is 1. The summed E-state index contributed by atoms with van der Waals surface area (Å²) in [5, 5.41) is 4.03. The number of carbonyl (C=O) groups is 1. The average molecular weight is 563 g/mol. The monoisotopic (exact) mass is 561 g/mol. The SMILES string of the molecule is Cc1ccc(S(=O)(=O)N2CCN(c3c(Cl)cccc3NC(=O)COc3cc(C)c(Cl)c(C)c3)CC2)cc1. The number of anilines is 2. The van der Waals surface area contributed by atoms with E-state index in [4.69, 9.17) is 27.9 Å². The molecule has 7 nitrogen and oxygen atoms in total. The van der Waals surface area contributed by atoms with Crippen molar-refractivity contribution in [2.45, 2.75) is 25.7 Å². The number of hydrogen-bond donors (Lipinski definition) is 1. The first kappa shape index (κ1) is 27.3. The fourth-order valence-electron chi connectivity index (χ4n) is 4.27. The Hall–Kier alpha value is -2.78. The number of aryl methyl sites for hydroxylation is 3. The van der Waals surface area contributed by atoms with E-state index in [2.05, 4.69) is 5.32 Å². The van der Waals surface area contributed by atoms with Gasteiger partial charge in [-0.3, -0.25) is 4.79 Å². The highest BCUT2D eigenvalue weighted by Crippen LogP contribution is 2.35. The fourth-order valence-corrected chi connectivity index (χ4v) is 6.10. The maximum atomic E-state index is 13.1. The summed E-state index contributed by atoms with van der Waals surface area (Å²) >= 11 is 12.7. The van der Waals surface area contributed by atoms with Crippen LogP contribution in [0.5, 0.6) is 5.75 Å². The molecule has 196 valence electrons. The van der Waals surface area contributed by atoms with Crippen LogP contribution in [-0.2, 0) is 14.8 Å². The van der Waals surface area contributed by atoms with Crippen molar-refractivity contribution in [1.82, 2.24) is 4.31 Å². The third-order valence-corrected chi connectivity index (χ3v) is 9.07. The topological polar surface area (TPSA) is 79.0 Å². The van der Waals surface area contributed by atoms with E-state index in [0.717, 1.165) is 16.7 Å². The van der Waals surface area contributed by atoms with Gasteiger partial charge in [0.2, 0.25) is 10.0 Å². The van der Waals surface area contributed by atoms with Gasteiger partial charge in [-0.15, -0.1) is 0 Å². The molecule has 0 saturated carbocycles. The minimum absolute atomic E-state index is 0.185. The van der Waals surface area contributed by atoms with E-state index in [1.807, 2.05) is 25.7 Å². The third kappa shape index (κ3) is 6.21. The lowest BCUT2D eigenvalue weighted by Gasteiger charge is -2.36. The van der Waals surface area contributed by atoms with Crippen LogP contribution >= 0.6 is 23.2 Å². The van der Waals surface area contributed by atoms with Gasteiger partial charge in [-0.1, -0.05) is 47.0 Å². The summed E-state index contributed by atoms with van der Waals surface area (Å²) in [4.78, 5) is 15.0. The Balaban J connectivity index is 1.42. The molecule has 3 aromatic carbocycles. The number of amides is 1. The Bertz CT molecular complexity index is 1380. The molecule has 0 unspecified atom stereocenters. The molecular weight excluding hydrogens is 533 g/mol. The fraction of sp³-hybridized carbons (Fsp3) is 0.296. The first-order chi connectivity index (χ1) is 17.6. The number of halogens is 2. The first-order valence-corrected chi connectivity index (χ1v) is 14.1. The number of carbonyl (C=O) groups excluding carboxylic acids is 1. The minimum atomic E-state index is -3.59. The average Bonchev–Trinajstić information content (AvgIpc) is 2.86. The summed E-state index contributed by atoms with van der Waals surface area (Å²) in [7, 11) is -3.59. The number of ether oxygens (including phenoxy) is 1. The molecule has 0 atom stereocenters. The predicted octanol–water partition coefficient (Wildman–Crippen LogP) is 5.45. The molecule has 10 heteroatoms. The molecule has 0 bridgehead atoms. The summed E-state index contributed by atoms with van der Waals surface area (Å²) < 4.78 is 33.3. The molecule has 3 aromatic rings. The minimum Gasteiger partial charge on any atom is -0.484 e. The molecule has 1 N–H and O–H groups in total. The van der Waals surface area contributed by atoms with Gasteiger partial charge in [0.05, 0.1) is 21.3 Å². The molecular formula is C27H29Cl2N3O4S. The molecule has 1 fully saturated rings. The lowest BCUT2D eigenvalue weighted by Crippen LogP contribution is -2.49. The highest BCUT2D eigenvalue weighted by atomic mass is 35.5. The maximum Gasteiger partial charge on any atom is 0.262 e. The van der Waals surface area contributed by atoms with Crippen molar-refractivity contribution in [3.8, 4) is 5.75 Å². The van der Waals surface area contributed by atoms with E-state index < -0.39 is 10.0 Å². The zero-order valence-corrected chi connectivity index (χ0v) is 23.3. The van der Waals surface area contributed by atoms with E-state index >= 15 is 0 Å². The Morgan fingerprint density at radius 3 is 2.19 bits per heavy atom. The molecule has 37 heavy (non-hydrogen) atoms. The summed E-state index contributed by atoms with van der Waals surface area (Å²) in [5.41, 5.74) is 3.94. The molecule has 0 radical (unpaired) electrons. The van der Waals surface area contributed by atoms with E-state index in [9.17, 15) is 13.2 Å². The first-order valence-electron chi connectivity index (χ1n) is 11.9. The second-order valence-corrected chi connectivity index (χ2v) is 11.8. The number of rotatable bonds is 7. The van der Waals surface area contributed by atoms with Crippen molar-refractivity contribution in [1.29, 1.82) is 0 Å². The van der Waals surface area contributed by atoms with Gasteiger partial charge in [0.15, 0.2) is 6.61 Å². The molecule has 1 saturated heterocycles. The predicted molar refractivity (Wildman–Crippen MR) is 149 cm³/mol. The maximum absolute atomic E-state index is 13.1. The smallest absolute Gasteiger partial charge is 0.262 e. The Morgan fingerprint density at radius 1 is 0.946 bits per heavy atom. The number of hydrogen-bond acceptors (Lipinski definition) is 5. The van der Waals surface area contributed by atoms with Crippen molar-refractivity contribution in [2.75, 3.05) is 43.0 Å². The summed E-state index contributed by atoms with van der Waals surface area (Å²) in [6.07, 6.45) is 0. The molecule has 1 heterocycles. The van der Waals surface area contributed by atoms with Crippen LogP contribution in [0.25, 0.3) is 0 Å². The molecule has 0 aromatic heterocycles. The normalized spacial score (nSPS) is 14.5. The van der Waals surface area contributed by atoms with Crippen LogP contribution in [0.2, 0.25) is 10.0 Å². The standard InChI is InChI=1S/C27H29Cl2N3O4S/c1-18-7-9-22(10-8-18)37(34,35)32-13-11-31(12-14-32)27-23(28)5-4-6-24(27)30-25(33)17-36-21-15-19(2)26(29)20(3)16-21/h4-10,15-16H,11-14,17H2,1-3H3,(H,30,33). The number of nitrogens with one attached hydrogen (secondary N) is 1. The van der Waals surface area contributed by atoms with Crippen LogP contribution in [0, 0.1) is 20.8 Å². The largest absolute Gasteiger partial charge is 0.484 e. The highest BCUT2D eigenvalue weighted by molar-refractivity contribution is 7.89. The van der Waals surface area contributed by atoms with E-state index in [-0.39, 0.29) is 17.4 Å². The molecule has 1 amide bonds. The lowest BCUT2D eigenvalue weighted by molar-refractivity contribution is -0.118. The molecule has 4 rings (SSSR count). The van der Waals surface area contributed by atoms with Crippen LogP contribution in [0.3, 0.4) is 0 Å². The second-order valence-electron chi connectivity index (χ2n) is 9.05. The van der Waals surface area contributed by atoms with E-state index in [1.54, 1.807) is 54.6 Å². The summed E-state index contributed by atoms with van der Waals surface area (Å²) in [6, 6.07) is 15.7. The van der Waals surface area contributed by atoms with Gasteiger partial charge in [-0.05, 0) is 68.3 Å². The van der Waals surface area contributed by atoms with Crippen LogP contribution in [0.1, 0.15) is 16.7 Å². The molecule has 0 spiro atoms. The third-order valence-electron chi connectivity index (χ3n) is 6.25. The quantitative estimate of drug-likeness (QED) is 0.415. The van der Waals surface area contributed by atoms with Crippen molar-refractivity contribution in [2.24, 2.45) is 0 Å². The Kier molecular flexibility index (Phi) is 8.33. The Labute approximate surface area is 228 Å². The number of sulfonamides is 1. The molecule has 1 aliphatic heterocycles. The highest BCUT2D eigenvalue weighted by Gasteiger charge is 2.30. The molecule has 0 aliphatic carbocycles. The van der Waals surface area contributed by atoms with Gasteiger partial charge < -0.3 is 15.0 Å². The van der Waals surface area contributed by atoms with E-state index in [0.29, 0.717) is 53.3 Å². The Morgan fingerprint density at radius 2 is 1.57 bits per heavy atom. The number of piperazine rings is 1. The van der Waals surface area contributed by atoms with Crippen LogP contribution < -0.4 is 15.0 Å².